The lowest BCUT2D eigenvalue weighted by molar-refractivity contribution is -0.115. The molecule has 3 heterocycles. The van der Waals surface area contributed by atoms with Crippen LogP contribution in [-0.2, 0) is 22.6 Å². The quantitative estimate of drug-likeness (QED) is 0.541. The molecule has 1 amide bonds. The van der Waals surface area contributed by atoms with Gasteiger partial charge in [-0.1, -0.05) is 36.4 Å². The molecular formula is C21H21N5O2. The molecule has 0 aliphatic carbocycles. The number of nitrogens with one attached hydrogen (secondary N) is 2. The number of H-pyrrole nitrogens is 1. The van der Waals surface area contributed by atoms with Crippen molar-refractivity contribution in [2.45, 2.75) is 20.0 Å². The van der Waals surface area contributed by atoms with E-state index in [4.69, 9.17) is 4.74 Å². The van der Waals surface area contributed by atoms with Gasteiger partial charge in [0.2, 0.25) is 5.91 Å². The lowest BCUT2D eigenvalue weighted by Crippen LogP contribution is -2.16. The molecule has 28 heavy (non-hydrogen) atoms. The molecular weight excluding hydrogens is 354 g/mol. The number of aryl methyl sites for hydroxylation is 1. The number of ether oxygens (including phenoxy) is 1. The first-order valence-electron chi connectivity index (χ1n) is 9.00. The van der Waals surface area contributed by atoms with Crippen LogP contribution in [0.25, 0.3) is 16.8 Å². The third-order valence-corrected chi connectivity index (χ3v) is 4.60. The molecule has 0 saturated heterocycles. The Balaban J connectivity index is 1.60. The van der Waals surface area contributed by atoms with Crippen molar-refractivity contribution >= 4 is 17.4 Å². The highest BCUT2D eigenvalue weighted by Gasteiger charge is 2.18. The maximum absolute atomic E-state index is 12.7. The zero-order chi connectivity index (χ0) is 19.5. The predicted octanol–water partition coefficient (Wildman–Crippen LogP) is 3.36. The van der Waals surface area contributed by atoms with E-state index in [1.165, 1.54) is 0 Å². The van der Waals surface area contributed by atoms with E-state index in [1.54, 1.807) is 13.3 Å². The summed E-state index contributed by atoms with van der Waals surface area (Å²) in [6, 6.07) is 13.8. The Morgan fingerprint density at radius 3 is 2.82 bits per heavy atom. The van der Waals surface area contributed by atoms with E-state index in [0.29, 0.717) is 12.4 Å². The monoisotopic (exact) mass is 375 g/mol. The highest BCUT2D eigenvalue weighted by Crippen LogP contribution is 2.30. The van der Waals surface area contributed by atoms with Crippen molar-refractivity contribution in [3.8, 4) is 11.1 Å². The van der Waals surface area contributed by atoms with Crippen LogP contribution < -0.4 is 5.32 Å². The van der Waals surface area contributed by atoms with Crippen molar-refractivity contribution < 1.29 is 9.53 Å². The lowest BCUT2D eigenvalue weighted by atomic mass is 10.1. The number of amides is 1. The summed E-state index contributed by atoms with van der Waals surface area (Å²) in [4.78, 5) is 17.1. The molecule has 0 aliphatic heterocycles. The molecule has 142 valence electrons. The summed E-state index contributed by atoms with van der Waals surface area (Å²) in [5.74, 6) is 0.337. The van der Waals surface area contributed by atoms with Gasteiger partial charge in [0.05, 0.1) is 24.4 Å². The number of hydrogen-bond donors (Lipinski definition) is 2. The number of nitrogens with zero attached hydrogens (tertiary/aromatic N) is 3. The number of aromatic amines is 1. The van der Waals surface area contributed by atoms with Crippen LogP contribution in [0.3, 0.4) is 0 Å². The van der Waals surface area contributed by atoms with Crippen LogP contribution in [0, 0.1) is 6.92 Å². The fourth-order valence-corrected chi connectivity index (χ4v) is 3.31. The smallest absolute Gasteiger partial charge is 0.231 e. The van der Waals surface area contributed by atoms with E-state index in [2.05, 4.69) is 20.5 Å². The standard InChI is InChI=1S/C21H21N5O2/c1-14-7-6-10-26-16(12-22-21(14)26)11-18(27)23-20-19(15-8-4-3-5-9-15)17(13-28-2)24-25-20/h3-10,12H,11,13H2,1-2H3,(H2,23,24,25,27). The fraction of sp³-hybridized carbons (Fsp3) is 0.190. The molecule has 1 aromatic carbocycles. The Labute approximate surface area is 162 Å². The molecule has 7 nitrogen and oxygen atoms in total. The molecule has 4 aromatic rings. The molecule has 0 aliphatic rings. The number of hydrogen-bond acceptors (Lipinski definition) is 4. The summed E-state index contributed by atoms with van der Waals surface area (Å²) < 4.78 is 7.20. The topological polar surface area (TPSA) is 84.3 Å². The minimum Gasteiger partial charge on any atom is -0.378 e. The van der Waals surface area contributed by atoms with Crippen LogP contribution in [0.15, 0.2) is 54.9 Å². The third-order valence-electron chi connectivity index (χ3n) is 4.60. The average molecular weight is 375 g/mol. The van der Waals surface area contributed by atoms with Crippen LogP contribution in [0.5, 0.6) is 0 Å². The minimum atomic E-state index is -0.157. The second-order valence-corrected chi connectivity index (χ2v) is 6.58. The number of aromatic nitrogens is 4. The van der Waals surface area contributed by atoms with E-state index >= 15 is 0 Å². The van der Waals surface area contributed by atoms with E-state index in [9.17, 15) is 4.79 Å². The maximum Gasteiger partial charge on any atom is 0.231 e. The molecule has 7 heteroatoms. The molecule has 0 radical (unpaired) electrons. The summed E-state index contributed by atoms with van der Waals surface area (Å²) in [5, 5.41) is 10.2. The number of carbonyl (C=O) groups is 1. The Kier molecular flexibility index (Phi) is 4.90. The van der Waals surface area contributed by atoms with Crippen LogP contribution in [0.1, 0.15) is 17.0 Å². The minimum absolute atomic E-state index is 0.157. The number of carbonyl (C=O) groups excluding carboxylic acids is 1. The van der Waals surface area contributed by atoms with E-state index < -0.39 is 0 Å². The van der Waals surface area contributed by atoms with Gasteiger partial charge in [0, 0.05) is 25.1 Å². The average Bonchev–Trinajstić information content (AvgIpc) is 3.28. The van der Waals surface area contributed by atoms with Crippen LogP contribution in [0.4, 0.5) is 5.82 Å². The fourth-order valence-electron chi connectivity index (χ4n) is 3.31. The zero-order valence-electron chi connectivity index (χ0n) is 15.8. The Morgan fingerprint density at radius 1 is 1.21 bits per heavy atom. The number of anilines is 1. The molecule has 2 N–H and O–H groups in total. The van der Waals surface area contributed by atoms with E-state index in [1.807, 2.05) is 60.0 Å². The Morgan fingerprint density at radius 2 is 2.04 bits per heavy atom. The summed E-state index contributed by atoms with van der Waals surface area (Å²) >= 11 is 0. The number of imidazole rings is 1. The molecule has 4 rings (SSSR count). The van der Waals surface area contributed by atoms with Crippen molar-refractivity contribution in [1.29, 1.82) is 0 Å². The number of fused-ring (bicyclic) bond motifs is 1. The van der Waals surface area contributed by atoms with Gasteiger partial charge in [0.1, 0.15) is 5.65 Å². The molecule has 0 atom stereocenters. The molecule has 0 unspecified atom stereocenters. The molecule has 0 spiro atoms. The van der Waals surface area contributed by atoms with Gasteiger partial charge in [0.25, 0.3) is 0 Å². The Bertz CT molecular complexity index is 1110. The van der Waals surface area contributed by atoms with Gasteiger partial charge < -0.3 is 14.5 Å². The van der Waals surface area contributed by atoms with Crippen molar-refractivity contribution in [3.05, 3.63) is 71.8 Å². The first-order valence-corrected chi connectivity index (χ1v) is 9.00. The predicted molar refractivity (Wildman–Crippen MR) is 107 cm³/mol. The summed E-state index contributed by atoms with van der Waals surface area (Å²) in [5.41, 5.74) is 5.36. The number of benzene rings is 1. The van der Waals surface area contributed by atoms with Crippen LogP contribution in [0.2, 0.25) is 0 Å². The van der Waals surface area contributed by atoms with Gasteiger partial charge >= 0.3 is 0 Å². The van der Waals surface area contributed by atoms with Gasteiger partial charge in [-0.25, -0.2) is 4.98 Å². The SMILES string of the molecule is COCc1[nH]nc(NC(=O)Cc2cnc3c(C)cccn23)c1-c1ccccc1. The zero-order valence-corrected chi connectivity index (χ0v) is 15.8. The van der Waals surface area contributed by atoms with Gasteiger partial charge in [0.15, 0.2) is 5.82 Å². The second kappa shape index (κ2) is 7.66. The number of rotatable bonds is 6. The molecule has 3 aromatic heterocycles. The van der Waals surface area contributed by atoms with Gasteiger partial charge in [-0.2, -0.15) is 5.10 Å². The van der Waals surface area contributed by atoms with E-state index in [0.717, 1.165) is 33.7 Å². The Hall–Kier alpha value is -3.45. The normalized spacial score (nSPS) is 11.1. The summed E-state index contributed by atoms with van der Waals surface area (Å²) in [6.07, 6.45) is 3.85. The second-order valence-electron chi connectivity index (χ2n) is 6.58. The summed E-state index contributed by atoms with van der Waals surface area (Å²) in [6.45, 7) is 2.37. The van der Waals surface area contributed by atoms with Crippen LogP contribution >= 0.6 is 0 Å². The third kappa shape index (κ3) is 3.39. The van der Waals surface area contributed by atoms with Gasteiger partial charge in [-0.3, -0.25) is 9.89 Å². The maximum atomic E-state index is 12.7. The van der Waals surface area contributed by atoms with Crippen LogP contribution in [-0.4, -0.2) is 32.6 Å². The first kappa shape index (κ1) is 17.9. The summed E-state index contributed by atoms with van der Waals surface area (Å²) in [7, 11) is 1.63. The molecule has 0 bridgehead atoms. The molecule has 0 fully saturated rings. The highest BCUT2D eigenvalue weighted by molar-refractivity contribution is 5.95. The van der Waals surface area contributed by atoms with Gasteiger partial charge in [-0.05, 0) is 24.1 Å². The van der Waals surface area contributed by atoms with Gasteiger partial charge in [-0.15, -0.1) is 0 Å². The largest absolute Gasteiger partial charge is 0.378 e. The lowest BCUT2D eigenvalue weighted by Gasteiger charge is -2.08. The highest BCUT2D eigenvalue weighted by atomic mass is 16.5. The van der Waals surface area contributed by atoms with Crippen molar-refractivity contribution in [3.63, 3.8) is 0 Å². The number of methoxy groups -OCH3 is 1. The number of pyridine rings is 1. The van der Waals surface area contributed by atoms with Crippen molar-refractivity contribution in [2.24, 2.45) is 0 Å². The van der Waals surface area contributed by atoms with Crippen molar-refractivity contribution in [1.82, 2.24) is 19.6 Å². The van der Waals surface area contributed by atoms with Crippen molar-refractivity contribution in [2.75, 3.05) is 12.4 Å². The van der Waals surface area contributed by atoms with E-state index in [-0.39, 0.29) is 12.3 Å². The molecule has 0 saturated carbocycles. The first-order chi connectivity index (χ1) is 13.7.